The second-order valence-electron chi connectivity index (χ2n) is 3.11. The molecule has 1 rings (SSSR count). The summed E-state index contributed by atoms with van der Waals surface area (Å²) in [5.41, 5.74) is 5.63. The summed E-state index contributed by atoms with van der Waals surface area (Å²) in [7, 11) is 1.91. The highest BCUT2D eigenvalue weighted by atomic mass is 16.4. The molecule has 2 N–H and O–H groups in total. The first-order chi connectivity index (χ1) is 5.59. The van der Waals surface area contributed by atoms with Gasteiger partial charge in [0, 0.05) is 19.6 Å². The Balaban J connectivity index is 2.58. The maximum Gasteiger partial charge on any atom is 0.297 e. The Morgan fingerprint density at radius 1 is 1.75 bits per heavy atom. The van der Waals surface area contributed by atoms with Gasteiger partial charge in [0.25, 0.3) is 6.01 Å². The molecule has 0 aliphatic rings. The molecular formula is C8H15N3O. The summed E-state index contributed by atoms with van der Waals surface area (Å²) in [5.74, 6) is 0.821. The molecule has 4 nitrogen and oxygen atoms in total. The van der Waals surface area contributed by atoms with Crippen molar-refractivity contribution < 1.29 is 4.42 Å². The lowest BCUT2D eigenvalue weighted by atomic mass is 10.3. The summed E-state index contributed by atoms with van der Waals surface area (Å²) in [6.07, 6.45) is 1.70. The number of aromatic nitrogens is 1. The van der Waals surface area contributed by atoms with E-state index in [1.807, 2.05) is 25.8 Å². The van der Waals surface area contributed by atoms with Crippen molar-refractivity contribution in [2.75, 3.05) is 18.5 Å². The molecule has 0 aliphatic carbocycles. The number of oxazole rings is 1. The van der Waals surface area contributed by atoms with E-state index >= 15 is 0 Å². The second kappa shape index (κ2) is 3.58. The number of rotatable bonds is 3. The molecule has 0 saturated carbocycles. The van der Waals surface area contributed by atoms with Gasteiger partial charge in [-0.25, -0.2) is 4.98 Å². The van der Waals surface area contributed by atoms with E-state index in [1.165, 1.54) is 0 Å². The van der Waals surface area contributed by atoms with Gasteiger partial charge in [-0.05, 0) is 13.8 Å². The molecule has 0 aliphatic heterocycles. The number of hydrogen-bond donors (Lipinski definition) is 1. The number of likely N-dealkylation sites (N-methyl/N-ethyl adjacent to an activating group) is 1. The minimum Gasteiger partial charge on any atom is -0.429 e. The zero-order chi connectivity index (χ0) is 9.14. The van der Waals surface area contributed by atoms with Crippen LogP contribution in [0.5, 0.6) is 0 Å². The molecule has 1 unspecified atom stereocenters. The quantitative estimate of drug-likeness (QED) is 0.726. The minimum atomic E-state index is 0.127. The van der Waals surface area contributed by atoms with Crippen LogP contribution >= 0.6 is 0 Å². The maximum absolute atomic E-state index is 5.63. The third kappa shape index (κ3) is 2.23. The highest BCUT2D eigenvalue weighted by Gasteiger charge is 2.07. The predicted octanol–water partition coefficient (Wildman–Crippen LogP) is 0.766. The van der Waals surface area contributed by atoms with Crippen LogP contribution in [0.1, 0.15) is 12.7 Å². The van der Waals surface area contributed by atoms with Crippen molar-refractivity contribution in [2.24, 2.45) is 5.73 Å². The molecular weight excluding hydrogens is 154 g/mol. The Labute approximate surface area is 72.4 Å². The van der Waals surface area contributed by atoms with Crippen molar-refractivity contribution in [1.29, 1.82) is 0 Å². The molecule has 1 atom stereocenters. The predicted molar refractivity (Wildman–Crippen MR) is 48.2 cm³/mol. The molecule has 1 aromatic rings. The molecule has 68 valence electrons. The smallest absolute Gasteiger partial charge is 0.297 e. The van der Waals surface area contributed by atoms with Gasteiger partial charge in [-0.3, -0.25) is 0 Å². The average molecular weight is 169 g/mol. The molecule has 0 bridgehead atoms. The van der Waals surface area contributed by atoms with Crippen molar-refractivity contribution in [3.63, 3.8) is 0 Å². The van der Waals surface area contributed by atoms with E-state index in [9.17, 15) is 0 Å². The highest BCUT2D eigenvalue weighted by Crippen LogP contribution is 2.11. The summed E-state index contributed by atoms with van der Waals surface area (Å²) in [4.78, 5) is 5.97. The van der Waals surface area contributed by atoms with Crippen LogP contribution in [-0.2, 0) is 0 Å². The van der Waals surface area contributed by atoms with Crippen LogP contribution in [0.2, 0.25) is 0 Å². The van der Waals surface area contributed by atoms with Crippen molar-refractivity contribution in [3.8, 4) is 0 Å². The lowest BCUT2D eigenvalue weighted by Gasteiger charge is -2.16. The van der Waals surface area contributed by atoms with Crippen LogP contribution in [0.25, 0.3) is 0 Å². The summed E-state index contributed by atoms with van der Waals surface area (Å²) in [6, 6.07) is 0.756. The number of hydrogen-bond acceptors (Lipinski definition) is 4. The molecule has 1 aromatic heterocycles. The molecule has 0 saturated heterocycles. The third-order valence-electron chi connectivity index (χ3n) is 1.50. The first kappa shape index (κ1) is 9.06. The Morgan fingerprint density at radius 3 is 2.83 bits per heavy atom. The molecule has 1 heterocycles. The van der Waals surface area contributed by atoms with Gasteiger partial charge in [-0.15, -0.1) is 0 Å². The molecule has 0 aromatic carbocycles. The number of anilines is 1. The van der Waals surface area contributed by atoms with Crippen molar-refractivity contribution in [3.05, 3.63) is 12.0 Å². The summed E-state index contributed by atoms with van der Waals surface area (Å²) >= 11 is 0. The van der Waals surface area contributed by atoms with E-state index in [-0.39, 0.29) is 6.04 Å². The standard InChI is InChI=1S/C8H15N3O/c1-6(9)5-11(3)8-10-4-7(2)12-8/h4,6H,5,9H2,1-3H3. The molecule has 0 fully saturated rings. The Hall–Kier alpha value is -1.03. The maximum atomic E-state index is 5.63. The van der Waals surface area contributed by atoms with Gasteiger partial charge in [-0.1, -0.05) is 0 Å². The summed E-state index contributed by atoms with van der Waals surface area (Å²) < 4.78 is 5.31. The fourth-order valence-electron chi connectivity index (χ4n) is 1.03. The first-order valence-electron chi connectivity index (χ1n) is 3.98. The average Bonchev–Trinajstić information content (AvgIpc) is 2.34. The third-order valence-corrected chi connectivity index (χ3v) is 1.50. The minimum absolute atomic E-state index is 0.127. The largest absolute Gasteiger partial charge is 0.429 e. The molecule has 0 amide bonds. The SMILES string of the molecule is Cc1cnc(N(C)CC(C)N)o1. The van der Waals surface area contributed by atoms with E-state index < -0.39 is 0 Å². The fourth-order valence-corrected chi connectivity index (χ4v) is 1.03. The zero-order valence-electron chi connectivity index (χ0n) is 7.74. The zero-order valence-corrected chi connectivity index (χ0v) is 7.74. The van der Waals surface area contributed by atoms with Crippen LogP contribution in [0, 0.1) is 6.92 Å². The number of nitrogens with two attached hydrogens (primary N) is 1. The first-order valence-corrected chi connectivity index (χ1v) is 3.98. The summed E-state index contributed by atoms with van der Waals surface area (Å²) in [5, 5.41) is 0. The van der Waals surface area contributed by atoms with Crippen molar-refractivity contribution in [1.82, 2.24) is 4.98 Å². The van der Waals surface area contributed by atoms with Gasteiger partial charge >= 0.3 is 0 Å². The molecule has 0 spiro atoms. The Morgan fingerprint density at radius 2 is 2.42 bits per heavy atom. The van der Waals surface area contributed by atoms with Gasteiger partial charge in [0.05, 0.1) is 6.20 Å². The van der Waals surface area contributed by atoms with Crippen molar-refractivity contribution >= 4 is 6.01 Å². The van der Waals surface area contributed by atoms with Gasteiger partial charge in [0.15, 0.2) is 0 Å². The monoisotopic (exact) mass is 169 g/mol. The van der Waals surface area contributed by atoms with Crippen LogP contribution in [-0.4, -0.2) is 24.6 Å². The summed E-state index contributed by atoms with van der Waals surface area (Å²) in [6.45, 7) is 4.57. The van der Waals surface area contributed by atoms with E-state index in [0.717, 1.165) is 12.3 Å². The molecule has 0 radical (unpaired) electrons. The van der Waals surface area contributed by atoms with Crippen LogP contribution < -0.4 is 10.6 Å². The van der Waals surface area contributed by atoms with E-state index in [2.05, 4.69) is 4.98 Å². The molecule has 4 heteroatoms. The normalized spacial score (nSPS) is 13.0. The topological polar surface area (TPSA) is 55.3 Å². The van der Waals surface area contributed by atoms with Crippen LogP contribution in [0.4, 0.5) is 6.01 Å². The second-order valence-corrected chi connectivity index (χ2v) is 3.11. The van der Waals surface area contributed by atoms with E-state index in [1.54, 1.807) is 6.20 Å². The van der Waals surface area contributed by atoms with Gasteiger partial charge in [0.2, 0.25) is 0 Å². The van der Waals surface area contributed by atoms with Crippen LogP contribution in [0.3, 0.4) is 0 Å². The number of nitrogens with zero attached hydrogens (tertiary/aromatic N) is 2. The van der Waals surface area contributed by atoms with E-state index in [4.69, 9.17) is 10.2 Å². The lowest BCUT2D eigenvalue weighted by Crippen LogP contribution is -2.32. The van der Waals surface area contributed by atoms with Crippen molar-refractivity contribution in [2.45, 2.75) is 19.9 Å². The Bertz CT molecular complexity index is 244. The van der Waals surface area contributed by atoms with Gasteiger partial charge < -0.3 is 15.1 Å². The highest BCUT2D eigenvalue weighted by molar-refractivity contribution is 5.24. The Kier molecular flexibility index (Phi) is 2.70. The molecule has 12 heavy (non-hydrogen) atoms. The van der Waals surface area contributed by atoms with E-state index in [0.29, 0.717) is 6.01 Å². The number of aryl methyl sites for hydroxylation is 1. The fraction of sp³-hybridized carbons (Fsp3) is 0.625. The lowest BCUT2D eigenvalue weighted by molar-refractivity contribution is 0.512. The van der Waals surface area contributed by atoms with Crippen LogP contribution in [0.15, 0.2) is 10.6 Å². The van der Waals surface area contributed by atoms with Gasteiger partial charge in [-0.2, -0.15) is 0 Å². The van der Waals surface area contributed by atoms with Gasteiger partial charge in [0.1, 0.15) is 5.76 Å².